The van der Waals surface area contributed by atoms with E-state index >= 15 is 0 Å². The van der Waals surface area contributed by atoms with Crippen LogP contribution in [0.4, 0.5) is 0 Å². The van der Waals surface area contributed by atoms with E-state index in [2.05, 4.69) is 4.99 Å². The zero-order valence-corrected chi connectivity index (χ0v) is 11.9. The smallest absolute Gasteiger partial charge is 0.271 e. The van der Waals surface area contributed by atoms with Crippen molar-refractivity contribution >= 4 is 11.5 Å². The van der Waals surface area contributed by atoms with Gasteiger partial charge in [-0.05, 0) is 44.4 Å². The molecule has 0 atom stereocenters. The highest BCUT2D eigenvalue weighted by Gasteiger charge is 2.11. The second kappa shape index (κ2) is 4.57. The average Bonchev–Trinajstić information content (AvgIpc) is 2.57. The first kappa shape index (κ1) is 12.8. The Morgan fingerprint density at radius 1 is 1.17 bits per heavy atom. The molecule has 0 aliphatic carbocycles. The molecule has 5 heteroatoms. The lowest BCUT2D eigenvalue weighted by molar-refractivity contribution is 0.556. The fraction of sp³-hybridized carbons (Fsp3) is 0.385. The first-order valence-corrected chi connectivity index (χ1v) is 6.56. The Kier molecular flexibility index (Phi) is 3.26. The van der Waals surface area contributed by atoms with Gasteiger partial charge in [-0.25, -0.2) is 8.75 Å². The summed E-state index contributed by atoms with van der Waals surface area (Å²) in [6.07, 6.45) is 0. The number of nitrogens with zero attached hydrogens (tertiary/aromatic N) is 3. The van der Waals surface area contributed by atoms with Gasteiger partial charge in [0.2, 0.25) is 4.80 Å². The normalized spacial score (nSPS) is 13.0. The molecule has 96 valence electrons. The minimum atomic E-state index is -0.191. The van der Waals surface area contributed by atoms with E-state index in [4.69, 9.17) is 0 Å². The first-order valence-electron chi connectivity index (χ1n) is 5.79. The van der Waals surface area contributed by atoms with Gasteiger partial charge in [-0.2, -0.15) is 0 Å². The van der Waals surface area contributed by atoms with E-state index in [9.17, 15) is 4.79 Å². The molecule has 1 aromatic heterocycles. The van der Waals surface area contributed by atoms with E-state index in [1.807, 2.05) is 51.1 Å². The molecule has 0 fully saturated rings. The number of benzene rings is 1. The highest BCUT2D eigenvalue weighted by atomic mass is 32.1. The van der Waals surface area contributed by atoms with Crippen LogP contribution >= 0.6 is 11.5 Å². The van der Waals surface area contributed by atoms with E-state index in [-0.39, 0.29) is 11.2 Å². The molecule has 4 nitrogen and oxygen atoms in total. The van der Waals surface area contributed by atoms with Gasteiger partial charge in [0, 0.05) is 7.05 Å². The zero-order valence-electron chi connectivity index (χ0n) is 11.0. The van der Waals surface area contributed by atoms with Crippen molar-refractivity contribution in [2.45, 2.75) is 26.3 Å². The number of rotatable bonds is 1. The van der Waals surface area contributed by atoms with Gasteiger partial charge in [-0.1, -0.05) is 18.2 Å². The minimum Gasteiger partial charge on any atom is -0.271 e. The lowest BCUT2D eigenvalue weighted by Gasteiger charge is -2.09. The van der Waals surface area contributed by atoms with Gasteiger partial charge >= 0.3 is 5.69 Å². The topological polar surface area (TPSA) is 39.3 Å². The summed E-state index contributed by atoms with van der Waals surface area (Å²) >= 11 is 1.37. The minimum absolute atomic E-state index is 0.0609. The van der Waals surface area contributed by atoms with Crippen LogP contribution in [0.25, 0.3) is 5.69 Å². The highest BCUT2D eigenvalue weighted by Crippen LogP contribution is 2.07. The van der Waals surface area contributed by atoms with Crippen LogP contribution in [0.5, 0.6) is 0 Å². The van der Waals surface area contributed by atoms with Gasteiger partial charge in [0.25, 0.3) is 0 Å². The molecule has 0 aliphatic rings. The SMILES string of the molecule is Cn1c(=NC(C)(C)C)sn(-c2ccccc2)c1=O. The molecule has 2 rings (SSSR count). The van der Waals surface area contributed by atoms with Crippen molar-refractivity contribution in [1.82, 2.24) is 8.52 Å². The van der Waals surface area contributed by atoms with Crippen molar-refractivity contribution in [3.63, 3.8) is 0 Å². The predicted octanol–water partition coefficient (Wildman–Crippen LogP) is 1.94. The molecule has 0 saturated heterocycles. The largest absolute Gasteiger partial charge is 0.344 e. The molecule has 2 aromatic rings. The number of aromatic nitrogens is 2. The standard InChI is InChI=1S/C13H17N3OS/c1-13(2,3)14-11-15(4)12(17)16(18-11)10-8-6-5-7-9-10/h5-9H,1-4H3. The Morgan fingerprint density at radius 3 is 2.33 bits per heavy atom. The Hall–Kier alpha value is -1.62. The number of hydrogen-bond acceptors (Lipinski definition) is 3. The summed E-state index contributed by atoms with van der Waals surface area (Å²) in [4.78, 5) is 17.4. The molecule has 1 aromatic carbocycles. The number of hydrogen-bond donors (Lipinski definition) is 0. The molecule has 0 radical (unpaired) electrons. The predicted molar refractivity (Wildman–Crippen MR) is 74.2 cm³/mol. The molecule has 0 spiro atoms. The van der Waals surface area contributed by atoms with Gasteiger partial charge in [-0.15, -0.1) is 0 Å². The van der Waals surface area contributed by atoms with Crippen LogP contribution in [-0.4, -0.2) is 14.1 Å². The maximum Gasteiger partial charge on any atom is 0.344 e. The van der Waals surface area contributed by atoms with Crippen molar-refractivity contribution in [1.29, 1.82) is 0 Å². The van der Waals surface area contributed by atoms with E-state index < -0.39 is 0 Å². The average molecular weight is 263 g/mol. The maximum atomic E-state index is 12.2. The van der Waals surface area contributed by atoms with Crippen molar-refractivity contribution in [3.8, 4) is 5.69 Å². The third kappa shape index (κ3) is 2.61. The second-order valence-electron chi connectivity index (χ2n) is 5.13. The Bertz CT molecular complexity index is 656. The summed E-state index contributed by atoms with van der Waals surface area (Å²) < 4.78 is 3.24. The summed E-state index contributed by atoms with van der Waals surface area (Å²) in [5.74, 6) is 0. The molecule has 0 N–H and O–H groups in total. The van der Waals surface area contributed by atoms with Crippen molar-refractivity contribution in [3.05, 3.63) is 45.6 Å². The Labute approximate surface area is 110 Å². The summed E-state index contributed by atoms with van der Waals surface area (Å²) in [6, 6.07) is 9.60. The highest BCUT2D eigenvalue weighted by molar-refractivity contribution is 7.03. The van der Waals surface area contributed by atoms with Crippen LogP contribution in [0.3, 0.4) is 0 Å². The van der Waals surface area contributed by atoms with Gasteiger partial charge in [0.05, 0.1) is 11.2 Å². The molecular weight excluding hydrogens is 246 g/mol. The molecule has 0 bridgehead atoms. The third-order valence-electron chi connectivity index (χ3n) is 2.34. The summed E-state index contributed by atoms with van der Waals surface area (Å²) in [5, 5.41) is 0. The van der Waals surface area contributed by atoms with E-state index in [0.29, 0.717) is 0 Å². The first-order chi connectivity index (χ1) is 8.38. The molecule has 0 unspecified atom stereocenters. The molecule has 18 heavy (non-hydrogen) atoms. The van der Waals surface area contributed by atoms with Crippen LogP contribution in [0.2, 0.25) is 0 Å². The van der Waals surface area contributed by atoms with Crippen LogP contribution < -0.4 is 10.5 Å². The molecule has 1 heterocycles. The lowest BCUT2D eigenvalue weighted by atomic mass is 10.1. The molecule has 0 saturated carbocycles. The lowest BCUT2D eigenvalue weighted by Crippen LogP contribution is -2.28. The number of para-hydroxylation sites is 1. The molecule has 0 aliphatic heterocycles. The fourth-order valence-electron chi connectivity index (χ4n) is 1.51. The second-order valence-corrected chi connectivity index (χ2v) is 6.04. The van der Waals surface area contributed by atoms with Gasteiger partial charge in [0.1, 0.15) is 0 Å². The quantitative estimate of drug-likeness (QED) is 0.775. The van der Waals surface area contributed by atoms with Crippen LogP contribution in [-0.2, 0) is 7.05 Å². The van der Waals surface area contributed by atoms with Gasteiger partial charge < -0.3 is 0 Å². The summed E-state index contributed by atoms with van der Waals surface area (Å²) in [7, 11) is 1.75. The van der Waals surface area contributed by atoms with Crippen LogP contribution in [0.15, 0.2) is 40.1 Å². The molecule has 0 amide bonds. The van der Waals surface area contributed by atoms with Crippen molar-refractivity contribution < 1.29 is 0 Å². The summed E-state index contributed by atoms with van der Waals surface area (Å²) in [5.41, 5.74) is 0.622. The maximum absolute atomic E-state index is 12.2. The fourth-order valence-corrected chi connectivity index (χ4v) is 2.62. The Morgan fingerprint density at radius 2 is 1.78 bits per heavy atom. The van der Waals surface area contributed by atoms with E-state index in [1.54, 1.807) is 15.6 Å². The van der Waals surface area contributed by atoms with E-state index in [0.717, 1.165) is 10.5 Å². The molecular formula is C13H17N3OS. The van der Waals surface area contributed by atoms with Gasteiger partial charge in [-0.3, -0.25) is 9.56 Å². The van der Waals surface area contributed by atoms with Crippen LogP contribution in [0.1, 0.15) is 20.8 Å². The monoisotopic (exact) mass is 263 g/mol. The van der Waals surface area contributed by atoms with Crippen molar-refractivity contribution in [2.24, 2.45) is 12.0 Å². The Balaban J connectivity index is 2.65. The summed E-state index contributed by atoms with van der Waals surface area (Å²) in [6.45, 7) is 6.05. The third-order valence-corrected chi connectivity index (χ3v) is 3.42. The van der Waals surface area contributed by atoms with Gasteiger partial charge in [0.15, 0.2) is 0 Å². The zero-order chi connectivity index (χ0) is 13.3. The van der Waals surface area contributed by atoms with Crippen LogP contribution in [0, 0.1) is 0 Å². The van der Waals surface area contributed by atoms with E-state index in [1.165, 1.54) is 11.5 Å². The van der Waals surface area contributed by atoms with Crippen molar-refractivity contribution in [2.75, 3.05) is 0 Å².